The second-order valence-corrected chi connectivity index (χ2v) is 6.99. The minimum Gasteiger partial charge on any atom is -0.396 e. The van der Waals surface area contributed by atoms with Gasteiger partial charge in [-0.1, -0.05) is 44.0 Å². The van der Waals surface area contributed by atoms with Crippen LogP contribution >= 0.6 is 0 Å². The van der Waals surface area contributed by atoms with Crippen molar-refractivity contribution in [1.29, 1.82) is 0 Å². The van der Waals surface area contributed by atoms with Gasteiger partial charge in [0.05, 0.1) is 5.69 Å². The molecule has 1 aliphatic rings. The van der Waals surface area contributed by atoms with E-state index in [4.69, 9.17) is 5.73 Å². The number of halogens is 2. The van der Waals surface area contributed by atoms with Crippen LogP contribution in [-0.4, -0.2) is 0 Å². The lowest BCUT2D eigenvalue weighted by atomic mass is 9.77. The van der Waals surface area contributed by atoms with E-state index in [1.165, 1.54) is 56.2 Å². The highest BCUT2D eigenvalue weighted by Gasteiger charge is 2.21. The van der Waals surface area contributed by atoms with Crippen molar-refractivity contribution in [3.63, 3.8) is 0 Å². The Morgan fingerprint density at radius 3 is 2.21 bits per heavy atom. The molecule has 0 spiro atoms. The maximum atomic E-state index is 13.5. The van der Waals surface area contributed by atoms with Gasteiger partial charge in [0.1, 0.15) is 0 Å². The molecule has 1 fully saturated rings. The van der Waals surface area contributed by atoms with Crippen LogP contribution < -0.4 is 5.73 Å². The molecule has 0 amide bonds. The molecule has 128 valence electrons. The molecule has 0 heterocycles. The van der Waals surface area contributed by atoms with E-state index in [2.05, 4.69) is 19.1 Å². The topological polar surface area (TPSA) is 26.0 Å². The van der Waals surface area contributed by atoms with Gasteiger partial charge >= 0.3 is 0 Å². The monoisotopic (exact) mass is 329 g/mol. The number of nitrogen functional groups attached to an aromatic ring is 1. The normalized spacial score (nSPS) is 21.0. The largest absolute Gasteiger partial charge is 0.396 e. The van der Waals surface area contributed by atoms with Crippen molar-refractivity contribution in [2.75, 3.05) is 5.73 Å². The molecule has 1 saturated carbocycles. The van der Waals surface area contributed by atoms with Crippen LogP contribution in [0, 0.1) is 17.6 Å². The van der Waals surface area contributed by atoms with E-state index in [-0.39, 0.29) is 5.69 Å². The average molecular weight is 329 g/mol. The van der Waals surface area contributed by atoms with Crippen molar-refractivity contribution in [3.05, 3.63) is 53.6 Å². The standard InChI is InChI=1S/C21H25F2N/c1-2-3-14-4-6-15(7-5-14)16-8-10-17(11-9-16)18-12-19(22)21(23)20(24)13-18/h8-15H,2-7,24H2,1H3. The van der Waals surface area contributed by atoms with E-state index >= 15 is 0 Å². The fraction of sp³-hybridized carbons (Fsp3) is 0.429. The van der Waals surface area contributed by atoms with E-state index in [1.807, 2.05) is 12.1 Å². The quantitative estimate of drug-likeness (QED) is 0.656. The Kier molecular flexibility index (Phi) is 5.17. The Hall–Kier alpha value is -1.90. The van der Waals surface area contributed by atoms with Gasteiger partial charge in [0, 0.05) is 0 Å². The summed E-state index contributed by atoms with van der Waals surface area (Å²) in [5.74, 6) is -0.347. The molecule has 0 aromatic heterocycles. The average Bonchev–Trinajstić information content (AvgIpc) is 2.60. The van der Waals surface area contributed by atoms with Crippen LogP contribution in [-0.2, 0) is 0 Å². The molecular weight excluding hydrogens is 304 g/mol. The Labute approximate surface area is 142 Å². The first-order valence-corrected chi connectivity index (χ1v) is 8.93. The maximum absolute atomic E-state index is 13.5. The molecule has 24 heavy (non-hydrogen) atoms. The summed E-state index contributed by atoms with van der Waals surface area (Å²) in [5.41, 5.74) is 8.21. The first kappa shape index (κ1) is 16.9. The fourth-order valence-corrected chi connectivity index (χ4v) is 3.92. The number of hydrogen-bond donors (Lipinski definition) is 1. The lowest BCUT2D eigenvalue weighted by Gasteiger charge is -2.28. The fourth-order valence-electron chi connectivity index (χ4n) is 3.92. The van der Waals surface area contributed by atoms with Gasteiger partial charge in [0.25, 0.3) is 0 Å². The highest BCUT2D eigenvalue weighted by Crippen LogP contribution is 2.38. The van der Waals surface area contributed by atoms with Gasteiger partial charge < -0.3 is 5.73 Å². The van der Waals surface area contributed by atoms with E-state index in [0.717, 1.165) is 11.5 Å². The molecule has 1 nitrogen and oxygen atoms in total. The predicted molar refractivity (Wildman–Crippen MR) is 95.8 cm³/mol. The van der Waals surface area contributed by atoms with E-state index in [0.29, 0.717) is 11.5 Å². The van der Waals surface area contributed by atoms with Crippen LogP contribution in [0.25, 0.3) is 11.1 Å². The van der Waals surface area contributed by atoms with Gasteiger partial charge in [0.15, 0.2) is 11.6 Å². The second-order valence-electron chi connectivity index (χ2n) is 6.99. The predicted octanol–water partition coefficient (Wildman–Crippen LogP) is 6.29. The van der Waals surface area contributed by atoms with Crippen LogP contribution in [0.2, 0.25) is 0 Å². The second kappa shape index (κ2) is 7.33. The number of benzene rings is 2. The van der Waals surface area contributed by atoms with Crippen LogP contribution in [0.5, 0.6) is 0 Å². The molecule has 0 saturated heterocycles. The lowest BCUT2D eigenvalue weighted by Crippen LogP contribution is -2.13. The van der Waals surface area contributed by atoms with Crippen molar-refractivity contribution in [3.8, 4) is 11.1 Å². The van der Waals surface area contributed by atoms with Crippen molar-refractivity contribution in [1.82, 2.24) is 0 Å². The highest BCUT2D eigenvalue weighted by atomic mass is 19.2. The number of rotatable bonds is 4. The van der Waals surface area contributed by atoms with Crippen molar-refractivity contribution in [2.24, 2.45) is 5.92 Å². The summed E-state index contributed by atoms with van der Waals surface area (Å²) in [6, 6.07) is 10.9. The van der Waals surface area contributed by atoms with Crippen LogP contribution in [0.1, 0.15) is 56.9 Å². The van der Waals surface area contributed by atoms with E-state index in [9.17, 15) is 8.78 Å². The van der Waals surface area contributed by atoms with Gasteiger partial charge in [0.2, 0.25) is 0 Å². The van der Waals surface area contributed by atoms with Crippen molar-refractivity contribution < 1.29 is 8.78 Å². The third kappa shape index (κ3) is 3.61. The molecule has 1 aliphatic carbocycles. The number of nitrogens with two attached hydrogens (primary N) is 1. The zero-order valence-corrected chi connectivity index (χ0v) is 14.2. The molecule has 2 aromatic rings. The maximum Gasteiger partial charge on any atom is 0.181 e. The third-order valence-corrected chi connectivity index (χ3v) is 5.32. The Morgan fingerprint density at radius 2 is 1.62 bits per heavy atom. The van der Waals surface area contributed by atoms with Crippen LogP contribution in [0.3, 0.4) is 0 Å². The summed E-state index contributed by atoms with van der Waals surface area (Å²) in [5, 5.41) is 0. The molecule has 0 radical (unpaired) electrons. The van der Waals surface area contributed by atoms with Gasteiger partial charge in [-0.25, -0.2) is 8.78 Å². The summed E-state index contributed by atoms with van der Waals surface area (Å²) >= 11 is 0. The SMILES string of the molecule is CCCC1CCC(c2ccc(-c3cc(N)c(F)c(F)c3)cc2)CC1. The zero-order chi connectivity index (χ0) is 17.1. The molecular formula is C21H25F2N. The Morgan fingerprint density at radius 1 is 0.958 bits per heavy atom. The smallest absolute Gasteiger partial charge is 0.181 e. The lowest BCUT2D eigenvalue weighted by molar-refractivity contribution is 0.308. The summed E-state index contributed by atoms with van der Waals surface area (Å²) < 4.78 is 26.9. The number of hydrogen-bond acceptors (Lipinski definition) is 1. The van der Waals surface area contributed by atoms with Crippen LogP contribution in [0.4, 0.5) is 14.5 Å². The minimum absolute atomic E-state index is 0.150. The van der Waals surface area contributed by atoms with E-state index in [1.54, 1.807) is 0 Å². The molecule has 0 aliphatic heterocycles. The molecule has 2 N–H and O–H groups in total. The Bertz CT molecular complexity index is 662. The highest BCUT2D eigenvalue weighted by molar-refractivity contribution is 5.68. The molecule has 2 aromatic carbocycles. The van der Waals surface area contributed by atoms with Crippen molar-refractivity contribution in [2.45, 2.75) is 51.4 Å². The first-order chi connectivity index (χ1) is 11.6. The van der Waals surface area contributed by atoms with Gasteiger partial charge in [-0.3, -0.25) is 0 Å². The molecule has 0 atom stereocenters. The Balaban J connectivity index is 1.72. The summed E-state index contributed by atoms with van der Waals surface area (Å²) in [4.78, 5) is 0. The molecule has 0 unspecified atom stereocenters. The van der Waals surface area contributed by atoms with Gasteiger partial charge in [-0.2, -0.15) is 0 Å². The van der Waals surface area contributed by atoms with E-state index < -0.39 is 11.6 Å². The van der Waals surface area contributed by atoms with Crippen molar-refractivity contribution >= 4 is 5.69 Å². The van der Waals surface area contributed by atoms with Crippen LogP contribution in [0.15, 0.2) is 36.4 Å². The molecule has 0 bridgehead atoms. The number of anilines is 1. The first-order valence-electron chi connectivity index (χ1n) is 8.93. The minimum atomic E-state index is -0.973. The zero-order valence-electron chi connectivity index (χ0n) is 14.2. The van der Waals surface area contributed by atoms with Gasteiger partial charge in [-0.15, -0.1) is 0 Å². The van der Waals surface area contributed by atoms with Gasteiger partial charge in [-0.05, 0) is 66.3 Å². The molecule has 3 heteroatoms. The molecule has 3 rings (SSSR count). The summed E-state index contributed by atoms with van der Waals surface area (Å²) in [6.07, 6.45) is 7.77. The third-order valence-electron chi connectivity index (χ3n) is 5.32. The summed E-state index contributed by atoms with van der Waals surface area (Å²) in [7, 11) is 0. The summed E-state index contributed by atoms with van der Waals surface area (Å²) in [6.45, 7) is 2.26.